The van der Waals surface area contributed by atoms with Crippen molar-refractivity contribution in [3.05, 3.63) is 162 Å². The summed E-state index contributed by atoms with van der Waals surface area (Å²) < 4.78 is 4.73. The number of para-hydroxylation sites is 4. The molecular weight excluding hydrogens is 647 g/mol. The van der Waals surface area contributed by atoms with Gasteiger partial charge in [-0.15, -0.1) is 0 Å². The highest BCUT2D eigenvalue weighted by molar-refractivity contribution is 6.12. The molecule has 0 aliphatic carbocycles. The van der Waals surface area contributed by atoms with Gasteiger partial charge in [-0.1, -0.05) is 99.1 Å². The molecule has 53 heavy (non-hydrogen) atoms. The van der Waals surface area contributed by atoms with Crippen LogP contribution in [0.25, 0.3) is 55.1 Å². The zero-order valence-electron chi connectivity index (χ0n) is 31.1. The van der Waals surface area contributed by atoms with Crippen molar-refractivity contribution in [2.75, 3.05) is 10.6 Å². The predicted octanol–water partition coefficient (Wildman–Crippen LogP) is 13.0. The molecule has 0 saturated heterocycles. The van der Waals surface area contributed by atoms with E-state index in [1.165, 1.54) is 49.3 Å². The minimum Gasteiger partial charge on any atom is -0.354 e. The Kier molecular flexibility index (Phi) is 7.63. The van der Waals surface area contributed by atoms with E-state index >= 15 is 0 Å². The van der Waals surface area contributed by atoms with Gasteiger partial charge in [0.1, 0.15) is 5.82 Å². The molecule has 5 heteroatoms. The van der Waals surface area contributed by atoms with Gasteiger partial charge in [0, 0.05) is 44.8 Å². The third-order valence-corrected chi connectivity index (χ3v) is 10.6. The molecule has 0 atom stereocenters. The van der Waals surface area contributed by atoms with Crippen molar-refractivity contribution >= 4 is 66.4 Å². The van der Waals surface area contributed by atoms with E-state index in [0.717, 1.165) is 50.8 Å². The molecule has 0 unspecified atom stereocenters. The fraction of sp³-hybridized carbons (Fsp3) is 0.146. The van der Waals surface area contributed by atoms with E-state index in [1.807, 2.05) is 6.20 Å². The minimum atomic E-state index is 0.00542. The lowest BCUT2D eigenvalue weighted by molar-refractivity contribution is 0.588. The molecule has 3 heterocycles. The molecule has 0 radical (unpaired) electrons. The average molecular weight is 690 g/mol. The SMILES string of the molecule is Cc1cc(C)c(Nc2ccccc2Nc2ccc3c4ccccc4n(-c4ccc5c6ccccc6n(-c6cc(C(C)(C)C)ccn6)c5c4)c3c2)c(C)c1. The maximum absolute atomic E-state index is 4.93. The highest BCUT2D eigenvalue weighted by atomic mass is 15.1. The summed E-state index contributed by atoms with van der Waals surface area (Å²) in [7, 11) is 0. The largest absolute Gasteiger partial charge is 0.354 e. The van der Waals surface area contributed by atoms with E-state index in [-0.39, 0.29) is 5.41 Å². The van der Waals surface area contributed by atoms with E-state index in [1.54, 1.807) is 0 Å². The normalized spacial score (nSPS) is 12.0. The number of fused-ring (bicyclic) bond motifs is 6. The first-order chi connectivity index (χ1) is 25.6. The first kappa shape index (κ1) is 32.6. The van der Waals surface area contributed by atoms with Gasteiger partial charge >= 0.3 is 0 Å². The van der Waals surface area contributed by atoms with Crippen molar-refractivity contribution in [2.45, 2.75) is 47.0 Å². The van der Waals surface area contributed by atoms with Gasteiger partial charge in [-0.25, -0.2) is 4.98 Å². The van der Waals surface area contributed by atoms with Crippen LogP contribution < -0.4 is 10.6 Å². The first-order valence-electron chi connectivity index (χ1n) is 18.4. The number of anilines is 4. The first-order valence-corrected chi connectivity index (χ1v) is 18.4. The van der Waals surface area contributed by atoms with E-state index < -0.39 is 0 Å². The molecule has 0 saturated carbocycles. The Morgan fingerprint density at radius 1 is 0.509 bits per heavy atom. The third kappa shape index (κ3) is 5.60. The van der Waals surface area contributed by atoms with Crippen molar-refractivity contribution in [3.63, 3.8) is 0 Å². The molecule has 0 amide bonds. The lowest BCUT2D eigenvalue weighted by Gasteiger charge is -2.20. The van der Waals surface area contributed by atoms with Crippen molar-refractivity contribution in [1.29, 1.82) is 0 Å². The number of aromatic nitrogens is 3. The molecule has 3 aromatic heterocycles. The van der Waals surface area contributed by atoms with Crippen LogP contribution >= 0.6 is 0 Å². The van der Waals surface area contributed by atoms with Crippen LogP contribution in [0.2, 0.25) is 0 Å². The summed E-state index contributed by atoms with van der Waals surface area (Å²) in [5.74, 6) is 0.929. The van der Waals surface area contributed by atoms with Gasteiger partial charge in [-0.3, -0.25) is 4.57 Å². The third-order valence-electron chi connectivity index (χ3n) is 10.6. The highest BCUT2D eigenvalue weighted by Gasteiger charge is 2.20. The van der Waals surface area contributed by atoms with E-state index in [0.29, 0.717) is 0 Å². The van der Waals surface area contributed by atoms with E-state index in [9.17, 15) is 0 Å². The number of rotatable bonds is 6. The van der Waals surface area contributed by atoms with Gasteiger partial charge in [0.2, 0.25) is 0 Å². The molecule has 2 N–H and O–H groups in total. The fourth-order valence-electron chi connectivity index (χ4n) is 8.05. The van der Waals surface area contributed by atoms with Crippen molar-refractivity contribution in [3.8, 4) is 11.5 Å². The second kappa shape index (κ2) is 12.4. The molecule has 9 rings (SSSR count). The Morgan fingerprint density at radius 2 is 1.08 bits per heavy atom. The Morgan fingerprint density at radius 3 is 1.75 bits per heavy atom. The number of hydrogen-bond donors (Lipinski definition) is 2. The molecule has 260 valence electrons. The Hall–Kier alpha value is -6.33. The number of aryl methyl sites for hydroxylation is 3. The Balaban J connectivity index is 1.20. The summed E-state index contributed by atoms with van der Waals surface area (Å²) in [6.45, 7) is 13.2. The smallest absolute Gasteiger partial charge is 0.137 e. The summed E-state index contributed by atoms with van der Waals surface area (Å²) in [4.78, 5) is 4.93. The van der Waals surface area contributed by atoms with Gasteiger partial charge in [0.05, 0.1) is 33.4 Å². The van der Waals surface area contributed by atoms with Crippen LogP contribution in [-0.4, -0.2) is 14.1 Å². The molecule has 0 aliphatic heterocycles. The standard InChI is InChI=1S/C48H43N5/c1-30-25-31(2)47(32(3)26-30)51-41-16-10-9-15-40(41)50-34-19-21-38-36-13-7-11-17-42(36)52(44(38)28-34)35-20-22-39-37-14-8-12-18-43(37)53(45(39)29-35)46-27-33(23-24-49-46)48(4,5)6/h7-29,50-51H,1-6H3. The van der Waals surface area contributed by atoms with Crippen LogP contribution in [0.15, 0.2) is 140 Å². The second-order valence-corrected chi connectivity index (χ2v) is 15.4. The molecule has 0 aliphatic rings. The van der Waals surface area contributed by atoms with Gasteiger partial charge in [-0.05, 0) is 104 Å². The topological polar surface area (TPSA) is 46.8 Å². The minimum absolute atomic E-state index is 0.00542. The van der Waals surface area contributed by atoms with Crippen molar-refractivity contribution in [2.24, 2.45) is 0 Å². The molecule has 0 bridgehead atoms. The van der Waals surface area contributed by atoms with Crippen LogP contribution in [0.1, 0.15) is 43.0 Å². The molecule has 9 aromatic rings. The monoisotopic (exact) mass is 689 g/mol. The zero-order chi connectivity index (χ0) is 36.4. The number of hydrogen-bond acceptors (Lipinski definition) is 3. The van der Waals surface area contributed by atoms with Crippen molar-refractivity contribution < 1.29 is 0 Å². The average Bonchev–Trinajstić information content (AvgIpc) is 3.65. The van der Waals surface area contributed by atoms with Gasteiger partial charge in [0.25, 0.3) is 0 Å². The maximum atomic E-state index is 4.93. The van der Waals surface area contributed by atoms with Crippen molar-refractivity contribution in [1.82, 2.24) is 14.1 Å². The van der Waals surface area contributed by atoms with E-state index in [4.69, 9.17) is 4.98 Å². The zero-order valence-corrected chi connectivity index (χ0v) is 31.1. The quantitative estimate of drug-likeness (QED) is 0.183. The van der Waals surface area contributed by atoms with Crippen LogP contribution in [-0.2, 0) is 5.41 Å². The molecular formula is C48H43N5. The molecule has 6 aromatic carbocycles. The molecule has 0 fully saturated rings. The van der Waals surface area contributed by atoms with Gasteiger partial charge < -0.3 is 15.2 Å². The summed E-state index contributed by atoms with van der Waals surface area (Å²) in [6, 6.07) is 48.2. The number of pyridine rings is 1. The van der Waals surface area contributed by atoms with Crippen LogP contribution in [0, 0.1) is 20.8 Å². The van der Waals surface area contributed by atoms with E-state index in [2.05, 4.69) is 195 Å². The summed E-state index contributed by atoms with van der Waals surface area (Å²) in [5, 5.41) is 12.4. The summed E-state index contributed by atoms with van der Waals surface area (Å²) >= 11 is 0. The molecule has 0 spiro atoms. The van der Waals surface area contributed by atoms with Gasteiger partial charge in [-0.2, -0.15) is 0 Å². The highest BCUT2D eigenvalue weighted by Crippen LogP contribution is 2.39. The van der Waals surface area contributed by atoms with Gasteiger partial charge in [0.15, 0.2) is 0 Å². The summed E-state index contributed by atoms with van der Waals surface area (Å²) in [5.41, 5.74) is 14.9. The molecule has 5 nitrogen and oxygen atoms in total. The summed E-state index contributed by atoms with van der Waals surface area (Å²) in [6.07, 6.45) is 1.94. The number of nitrogens with one attached hydrogen (secondary N) is 2. The van der Waals surface area contributed by atoms with Crippen LogP contribution in [0.4, 0.5) is 22.7 Å². The lowest BCUT2D eigenvalue weighted by atomic mass is 9.88. The lowest BCUT2D eigenvalue weighted by Crippen LogP contribution is -2.12. The van der Waals surface area contributed by atoms with Crippen LogP contribution in [0.5, 0.6) is 0 Å². The number of benzene rings is 6. The van der Waals surface area contributed by atoms with Crippen LogP contribution in [0.3, 0.4) is 0 Å². The Labute approximate surface area is 310 Å². The number of nitrogens with zero attached hydrogens (tertiary/aromatic N) is 3. The maximum Gasteiger partial charge on any atom is 0.137 e. The second-order valence-electron chi connectivity index (χ2n) is 15.4. The Bertz CT molecular complexity index is 2840. The fourth-order valence-corrected chi connectivity index (χ4v) is 8.05. The predicted molar refractivity (Wildman–Crippen MR) is 225 cm³/mol.